The van der Waals surface area contributed by atoms with E-state index in [4.69, 9.17) is 0 Å². The summed E-state index contributed by atoms with van der Waals surface area (Å²) in [6.07, 6.45) is 0. The van der Waals surface area contributed by atoms with Crippen molar-refractivity contribution in [3.63, 3.8) is 0 Å². The van der Waals surface area contributed by atoms with Crippen molar-refractivity contribution in [3.05, 3.63) is 35.6 Å². The summed E-state index contributed by atoms with van der Waals surface area (Å²) in [5.74, 6) is -1.89. The van der Waals surface area contributed by atoms with Crippen LogP contribution in [0.3, 0.4) is 0 Å². The van der Waals surface area contributed by atoms with E-state index in [0.29, 0.717) is 0 Å². The molecule has 0 bridgehead atoms. The zero-order valence-corrected chi connectivity index (χ0v) is 13.1. The maximum absolute atomic E-state index is 12.9. The highest BCUT2D eigenvalue weighted by Crippen LogP contribution is 2.26. The van der Waals surface area contributed by atoms with Gasteiger partial charge >= 0.3 is 15.6 Å². The Morgan fingerprint density at radius 1 is 1.29 bits per heavy atom. The van der Waals surface area contributed by atoms with Crippen LogP contribution in [-0.4, -0.2) is 49.8 Å². The van der Waals surface area contributed by atoms with E-state index in [1.165, 1.54) is 19.1 Å². The van der Waals surface area contributed by atoms with Crippen molar-refractivity contribution < 1.29 is 35.0 Å². The molecular formula is C13H12F4N2O4S. The van der Waals surface area contributed by atoms with E-state index in [1.54, 1.807) is 0 Å². The molecule has 1 amide bonds. The first-order valence-corrected chi connectivity index (χ1v) is 8.05. The topological polar surface area (TPSA) is 76.0 Å². The summed E-state index contributed by atoms with van der Waals surface area (Å²) in [4.78, 5) is 17.1. The molecule has 0 saturated carbocycles. The van der Waals surface area contributed by atoms with Crippen molar-refractivity contribution in [2.75, 3.05) is 13.1 Å². The number of aliphatic imine (C=N–C) groups is 1. The van der Waals surface area contributed by atoms with Crippen molar-refractivity contribution in [3.8, 4) is 0 Å². The largest absolute Gasteiger partial charge is 0.534 e. The van der Waals surface area contributed by atoms with Crippen LogP contribution in [0.5, 0.6) is 0 Å². The van der Waals surface area contributed by atoms with Crippen LogP contribution in [-0.2, 0) is 14.3 Å². The third-order valence-electron chi connectivity index (χ3n) is 3.26. The highest BCUT2D eigenvalue weighted by Gasteiger charge is 2.50. The lowest BCUT2D eigenvalue weighted by molar-refractivity contribution is -0.0507. The Balaban J connectivity index is 2.20. The van der Waals surface area contributed by atoms with Gasteiger partial charge in [-0.15, -0.1) is 0 Å². The molecule has 0 unspecified atom stereocenters. The molecule has 24 heavy (non-hydrogen) atoms. The Morgan fingerprint density at radius 2 is 1.88 bits per heavy atom. The molecule has 1 atom stereocenters. The molecule has 0 spiro atoms. The highest BCUT2D eigenvalue weighted by atomic mass is 32.2. The van der Waals surface area contributed by atoms with Gasteiger partial charge in [0.25, 0.3) is 5.91 Å². The van der Waals surface area contributed by atoms with Crippen LogP contribution in [0.15, 0.2) is 29.3 Å². The first kappa shape index (κ1) is 18.2. The average molecular weight is 368 g/mol. The Hall–Kier alpha value is -2.17. The number of hydrogen-bond acceptors (Lipinski definition) is 5. The lowest BCUT2D eigenvalue weighted by Crippen LogP contribution is -2.49. The molecule has 1 aromatic carbocycles. The minimum absolute atomic E-state index is 0.0519. The molecule has 11 heteroatoms. The second-order valence-electron chi connectivity index (χ2n) is 4.88. The molecule has 2 rings (SSSR count). The summed E-state index contributed by atoms with van der Waals surface area (Å²) in [6, 6.07) is 3.41. The van der Waals surface area contributed by atoms with Gasteiger partial charge in [0.05, 0.1) is 6.54 Å². The fourth-order valence-corrected chi connectivity index (χ4v) is 2.53. The molecule has 0 radical (unpaired) electrons. The summed E-state index contributed by atoms with van der Waals surface area (Å²) >= 11 is 0. The van der Waals surface area contributed by atoms with Gasteiger partial charge in [-0.1, -0.05) is 0 Å². The summed E-state index contributed by atoms with van der Waals surface area (Å²) in [5, 5.41) is 0. The zero-order chi connectivity index (χ0) is 18.1. The third-order valence-corrected chi connectivity index (χ3v) is 4.22. The zero-order valence-electron chi connectivity index (χ0n) is 12.2. The Morgan fingerprint density at radius 3 is 2.42 bits per heavy atom. The number of nitrogens with zero attached hydrogens (tertiary/aromatic N) is 2. The minimum atomic E-state index is -5.87. The predicted octanol–water partition coefficient (Wildman–Crippen LogP) is 1.93. The Bertz CT molecular complexity index is 759. The number of halogens is 4. The smallest absolute Gasteiger partial charge is 0.358 e. The van der Waals surface area contributed by atoms with Gasteiger partial charge in [-0.2, -0.15) is 21.6 Å². The molecule has 6 nitrogen and oxygen atoms in total. The SMILES string of the molecule is C[C@@H]1C(OS(=O)(=O)C(F)(F)F)=NCCN1C(=O)c1ccc(F)cc1. The molecular weight excluding hydrogens is 356 g/mol. The molecule has 0 N–H and O–H groups in total. The van der Waals surface area contributed by atoms with Gasteiger partial charge in [0.15, 0.2) is 0 Å². The van der Waals surface area contributed by atoms with E-state index >= 15 is 0 Å². The summed E-state index contributed by atoms with van der Waals surface area (Å²) in [6.45, 7) is 1.21. The molecule has 132 valence electrons. The first-order chi connectivity index (χ1) is 11.0. The number of benzene rings is 1. The van der Waals surface area contributed by atoms with Gasteiger partial charge in [-0.3, -0.25) is 9.79 Å². The maximum Gasteiger partial charge on any atom is 0.534 e. The molecule has 1 aliphatic rings. The fourth-order valence-electron chi connectivity index (χ4n) is 2.02. The van der Waals surface area contributed by atoms with Crippen molar-refractivity contribution >= 4 is 21.9 Å². The molecule has 0 aromatic heterocycles. The van der Waals surface area contributed by atoms with Gasteiger partial charge in [0.1, 0.15) is 11.9 Å². The molecule has 1 heterocycles. The van der Waals surface area contributed by atoms with Gasteiger partial charge in [-0.05, 0) is 31.2 Å². The van der Waals surface area contributed by atoms with Crippen LogP contribution in [0.1, 0.15) is 17.3 Å². The van der Waals surface area contributed by atoms with Crippen LogP contribution >= 0.6 is 0 Å². The number of hydrogen-bond donors (Lipinski definition) is 0. The normalized spacial score (nSPS) is 19.0. The number of carbonyl (C=O) groups is 1. The monoisotopic (exact) mass is 368 g/mol. The number of rotatable bonds is 2. The van der Waals surface area contributed by atoms with Crippen molar-refractivity contribution in [1.29, 1.82) is 0 Å². The lowest BCUT2D eigenvalue weighted by Gasteiger charge is -2.32. The summed E-state index contributed by atoms with van der Waals surface area (Å²) in [7, 11) is -5.87. The van der Waals surface area contributed by atoms with E-state index in [2.05, 4.69) is 9.18 Å². The second-order valence-corrected chi connectivity index (χ2v) is 6.42. The quantitative estimate of drug-likeness (QED) is 0.454. The molecule has 0 saturated heterocycles. The summed E-state index contributed by atoms with van der Waals surface area (Å²) in [5.41, 5.74) is -5.50. The van der Waals surface area contributed by atoms with Crippen molar-refractivity contribution in [2.24, 2.45) is 4.99 Å². The highest BCUT2D eigenvalue weighted by molar-refractivity contribution is 7.88. The van der Waals surface area contributed by atoms with Gasteiger partial charge in [0, 0.05) is 12.1 Å². The van der Waals surface area contributed by atoms with E-state index < -0.39 is 39.3 Å². The Kier molecular flexibility index (Phi) is 4.83. The van der Waals surface area contributed by atoms with Gasteiger partial charge in [-0.25, -0.2) is 4.39 Å². The summed E-state index contributed by atoms with van der Waals surface area (Å²) < 4.78 is 76.2. The average Bonchev–Trinajstić information content (AvgIpc) is 2.48. The van der Waals surface area contributed by atoms with E-state index in [9.17, 15) is 30.8 Å². The number of amides is 1. The van der Waals surface area contributed by atoms with Crippen LogP contribution in [0.2, 0.25) is 0 Å². The van der Waals surface area contributed by atoms with Gasteiger partial charge < -0.3 is 9.08 Å². The van der Waals surface area contributed by atoms with E-state index in [-0.39, 0.29) is 18.7 Å². The maximum atomic E-state index is 12.9. The van der Waals surface area contributed by atoms with Crippen molar-refractivity contribution in [2.45, 2.75) is 18.5 Å². The van der Waals surface area contributed by atoms with Gasteiger partial charge in [0.2, 0.25) is 5.90 Å². The molecule has 0 fully saturated rings. The molecule has 1 aromatic rings. The van der Waals surface area contributed by atoms with E-state index in [0.717, 1.165) is 17.0 Å². The van der Waals surface area contributed by atoms with Crippen LogP contribution < -0.4 is 0 Å². The second kappa shape index (κ2) is 6.38. The van der Waals surface area contributed by atoms with Crippen LogP contribution in [0, 0.1) is 5.82 Å². The van der Waals surface area contributed by atoms with Crippen molar-refractivity contribution in [1.82, 2.24) is 4.90 Å². The molecule has 1 aliphatic heterocycles. The first-order valence-electron chi connectivity index (χ1n) is 6.64. The predicted molar refractivity (Wildman–Crippen MR) is 75.3 cm³/mol. The van der Waals surface area contributed by atoms with Crippen LogP contribution in [0.25, 0.3) is 0 Å². The Labute approximate surface area is 134 Å². The lowest BCUT2D eigenvalue weighted by atomic mass is 10.1. The minimum Gasteiger partial charge on any atom is -0.358 e. The number of carbonyl (C=O) groups excluding carboxylic acids is 1. The number of alkyl halides is 3. The third kappa shape index (κ3) is 3.66. The van der Waals surface area contributed by atoms with E-state index in [1.807, 2.05) is 0 Å². The standard InChI is InChI=1S/C13H12F4N2O4S/c1-8-11(23-24(21,22)13(15,16)17)18-6-7-19(8)12(20)9-2-4-10(14)5-3-9/h2-5,8H,6-7H2,1H3/t8-/m1/s1. The molecule has 0 aliphatic carbocycles. The van der Waals surface area contributed by atoms with Crippen LogP contribution in [0.4, 0.5) is 17.6 Å². The fraction of sp³-hybridized carbons (Fsp3) is 0.385.